The van der Waals surface area contributed by atoms with Crippen molar-refractivity contribution in [2.24, 2.45) is 22.2 Å². The summed E-state index contributed by atoms with van der Waals surface area (Å²) in [5, 5.41) is 9.08. The summed E-state index contributed by atoms with van der Waals surface area (Å²) >= 11 is 0. The molecule has 0 saturated carbocycles. The smallest absolute Gasteiger partial charge is 0.257 e. The molecule has 1 rings (SSSR count). The average Bonchev–Trinajstić information content (AvgIpc) is 2.15. The molecule has 6 heteroatoms. The predicted octanol–water partition coefficient (Wildman–Crippen LogP) is 0.197. The Morgan fingerprint density at radius 3 is 2.41 bits per heavy atom. The highest BCUT2D eigenvalue weighted by Crippen LogP contribution is 2.14. The molecular weight excluding hydrogens is 220 g/mol. The van der Waals surface area contributed by atoms with Crippen molar-refractivity contribution in [2.75, 3.05) is 0 Å². The van der Waals surface area contributed by atoms with Gasteiger partial charge in [-0.2, -0.15) is 0 Å². The van der Waals surface area contributed by atoms with Crippen molar-refractivity contribution >= 4 is 17.4 Å². The number of aliphatic hydroxyl groups excluding tert-OH is 1. The molecule has 0 saturated heterocycles. The first-order chi connectivity index (χ1) is 7.91. The molecule has 0 aliphatic rings. The minimum absolute atomic E-state index is 0.219. The van der Waals surface area contributed by atoms with Gasteiger partial charge in [0, 0.05) is 0 Å². The summed E-state index contributed by atoms with van der Waals surface area (Å²) in [4.78, 5) is 15.0. The number of carbonyl (C=O) groups excluding carboxylic acids is 1. The minimum Gasteiger partial charge on any atom is -0.494 e. The van der Waals surface area contributed by atoms with Crippen molar-refractivity contribution in [1.29, 1.82) is 0 Å². The van der Waals surface area contributed by atoms with Gasteiger partial charge in [0.25, 0.3) is 5.91 Å². The molecule has 0 radical (unpaired) electrons. The Morgan fingerprint density at radius 2 is 1.94 bits per heavy atom. The molecular formula is C11H14N4O2. The molecule has 0 heterocycles. The van der Waals surface area contributed by atoms with Gasteiger partial charge in [-0.25, -0.2) is 4.99 Å². The van der Waals surface area contributed by atoms with Crippen LogP contribution in [0.15, 0.2) is 40.7 Å². The van der Waals surface area contributed by atoms with E-state index < -0.39 is 11.8 Å². The highest BCUT2D eigenvalue weighted by Gasteiger charge is 2.14. The molecule has 0 aromatic heterocycles. The van der Waals surface area contributed by atoms with Gasteiger partial charge >= 0.3 is 0 Å². The van der Waals surface area contributed by atoms with Gasteiger partial charge in [0.1, 0.15) is 11.4 Å². The van der Waals surface area contributed by atoms with Crippen molar-refractivity contribution in [2.45, 2.75) is 6.92 Å². The number of amidine groups is 1. The van der Waals surface area contributed by atoms with Crippen LogP contribution in [-0.4, -0.2) is 16.8 Å². The number of benzene rings is 1. The maximum absolute atomic E-state index is 11.0. The Bertz CT molecular complexity index is 502. The zero-order chi connectivity index (χ0) is 13.0. The van der Waals surface area contributed by atoms with Gasteiger partial charge in [-0.05, 0) is 24.6 Å². The molecule has 0 fully saturated rings. The highest BCUT2D eigenvalue weighted by atomic mass is 16.3. The minimum atomic E-state index is -0.932. The van der Waals surface area contributed by atoms with Gasteiger partial charge in [-0.1, -0.05) is 12.1 Å². The third-order valence-corrected chi connectivity index (χ3v) is 2.01. The fourth-order valence-corrected chi connectivity index (χ4v) is 1.28. The standard InChI is InChI=1S/C11H14N4O2/c1-6-3-2-4-7(5-6)15-9(12)8(10(13)16)11(14)17/h2-5,16H,13H2,1H3,(H2,12,15)(H2,14,17). The molecule has 0 aliphatic heterocycles. The van der Waals surface area contributed by atoms with Crippen LogP contribution in [0.3, 0.4) is 0 Å². The van der Waals surface area contributed by atoms with Gasteiger partial charge in [0.2, 0.25) is 0 Å². The lowest BCUT2D eigenvalue weighted by molar-refractivity contribution is -0.114. The first-order valence-corrected chi connectivity index (χ1v) is 4.81. The molecule has 1 aromatic carbocycles. The summed E-state index contributed by atoms with van der Waals surface area (Å²) in [5.41, 5.74) is 16.8. The molecule has 1 aromatic rings. The van der Waals surface area contributed by atoms with Gasteiger partial charge in [0.15, 0.2) is 5.88 Å². The lowest BCUT2D eigenvalue weighted by Crippen LogP contribution is -2.29. The van der Waals surface area contributed by atoms with E-state index in [-0.39, 0.29) is 11.4 Å². The lowest BCUT2D eigenvalue weighted by Gasteiger charge is -2.04. The summed E-state index contributed by atoms with van der Waals surface area (Å²) in [6.45, 7) is 1.89. The molecule has 7 N–H and O–H groups in total. The Morgan fingerprint density at radius 1 is 1.29 bits per heavy atom. The molecule has 0 spiro atoms. The van der Waals surface area contributed by atoms with Crippen LogP contribution in [0.4, 0.5) is 5.69 Å². The SMILES string of the molecule is Cc1cccc(N=C(N)C(C(N)=O)=C(N)O)c1. The van der Waals surface area contributed by atoms with Crippen molar-refractivity contribution in [3.05, 3.63) is 41.3 Å². The lowest BCUT2D eigenvalue weighted by atomic mass is 10.2. The quantitative estimate of drug-likeness (QED) is 0.258. The first kappa shape index (κ1) is 12.6. The van der Waals surface area contributed by atoms with Gasteiger partial charge < -0.3 is 22.3 Å². The van der Waals surface area contributed by atoms with Gasteiger partial charge in [-0.3, -0.25) is 4.79 Å². The fraction of sp³-hybridized carbons (Fsp3) is 0.0909. The van der Waals surface area contributed by atoms with Crippen LogP contribution in [0, 0.1) is 6.92 Å². The number of rotatable bonds is 3. The molecule has 90 valence electrons. The van der Waals surface area contributed by atoms with E-state index in [0.29, 0.717) is 5.69 Å². The summed E-state index contributed by atoms with van der Waals surface area (Å²) in [6, 6.07) is 7.14. The number of nitrogens with zero attached hydrogens (tertiary/aromatic N) is 1. The van der Waals surface area contributed by atoms with Gasteiger partial charge in [0.05, 0.1) is 5.69 Å². The first-order valence-electron chi connectivity index (χ1n) is 4.81. The second-order valence-electron chi connectivity index (χ2n) is 3.46. The third-order valence-electron chi connectivity index (χ3n) is 2.01. The number of aryl methyl sites for hydroxylation is 1. The third kappa shape index (κ3) is 3.23. The van der Waals surface area contributed by atoms with Crippen LogP contribution < -0.4 is 17.2 Å². The number of amides is 1. The summed E-state index contributed by atoms with van der Waals surface area (Å²) in [5.74, 6) is -1.89. The van der Waals surface area contributed by atoms with Crippen molar-refractivity contribution in [3.8, 4) is 0 Å². The fourth-order valence-electron chi connectivity index (χ4n) is 1.28. The number of nitrogens with two attached hydrogens (primary N) is 3. The second kappa shape index (κ2) is 5.02. The monoisotopic (exact) mass is 234 g/mol. The van der Waals surface area contributed by atoms with Gasteiger partial charge in [-0.15, -0.1) is 0 Å². The van der Waals surface area contributed by atoms with E-state index in [0.717, 1.165) is 5.56 Å². The van der Waals surface area contributed by atoms with Crippen LogP contribution in [0.25, 0.3) is 0 Å². The number of carbonyl (C=O) groups is 1. The van der Waals surface area contributed by atoms with E-state index in [2.05, 4.69) is 4.99 Å². The average molecular weight is 234 g/mol. The Balaban J connectivity index is 3.16. The van der Waals surface area contributed by atoms with E-state index in [9.17, 15) is 4.79 Å². The Hall–Kier alpha value is -2.50. The zero-order valence-corrected chi connectivity index (χ0v) is 9.34. The summed E-state index contributed by atoms with van der Waals surface area (Å²) < 4.78 is 0. The molecule has 0 unspecified atom stereocenters. The number of primary amides is 1. The largest absolute Gasteiger partial charge is 0.494 e. The maximum Gasteiger partial charge on any atom is 0.257 e. The van der Waals surface area contributed by atoms with E-state index in [1.807, 2.05) is 13.0 Å². The summed E-state index contributed by atoms with van der Waals surface area (Å²) in [7, 11) is 0. The van der Waals surface area contributed by atoms with Crippen molar-refractivity contribution in [1.82, 2.24) is 0 Å². The van der Waals surface area contributed by atoms with Crippen LogP contribution in [0.1, 0.15) is 5.56 Å². The van der Waals surface area contributed by atoms with Crippen LogP contribution >= 0.6 is 0 Å². The van der Waals surface area contributed by atoms with Crippen LogP contribution in [0.2, 0.25) is 0 Å². The molecule has 17 heavy (non-hydrogen) atoms. The molecule has 0 atom stereocenters. The normalized spacial score (nSPS) is 13.1. The Kier molecular flexibility index (Phi) is 3.71. The number of hydrogen-bond acceptors (Lipinski definition) is 4. The van der Waals surface area contributed by atoms with Crippen LogP contribution in [0.5, 0.6) is 0 Å². The summed E-state index contributed by atoms with van der Waals surface area (Å²) in [6.07, 6.45) is 0. The number of hydrogen-bond donors (Lipinski definition) is 4. The number of aliphatic imine (C=N–C) groups is 1. The predicted molar refractivity (Wildman–Crippen MR) is 65.5 cm³/mol. The zero-order valence-electron chi connectivity index (χ0n) is 9.34. The van der Waals surface area contributed by atoms with Crippen LogP contribution in [-0.2, 0) is 4.79 Å². The molecule has 0 aliphatic carbocycles. The maximum atomic E-state index is 11.0. The van der Waals surface area contributed by atoms with Crippen molar-refractivity contribution < 1.29 is 9.90 Å². The molecule has 0 bridgehead atoms. The van der Waals surface area contributed by atoms with E-state index in [1.165, 1.54) is 0 Å². The highest BCUT2D eigenvalue weighted by molar-refractivity contribution is 6.20. The second-order valence-corrected chi connectivity index (χ2v) is 3.46. The topological polar surface area (TPSA) is 128 Å². The molecule has 1 amide bonds. The van der Waals surface area contributed by atoms with E-state index in [4.69, 9.17) is 22.3 Å². The van der Waals surface area contributed by atoms with Crippen molar-refractivity contribution in [3.63, 3.8) is 0 Å². The van der Waals surface area contributed by atoms with E-state index >= 15 is 0 Å². The molecule has 6 nitrogen and oxygen atoms in total. The Labute approximate surface area is 98.4 Å². The van der Waals surface area contributed by atoms with E-state index in [1.54, 1.807) is 18.2 Å². The number of aliphatic hydroxyl groups is 1.